The standard InChI is InChI=1S/C14H19NO3/c1-16-12-8-10(7-11-3-2-4-15-11)14-13(9-12)17-5-6-18-14/h8-9,11,15H,2-7H2,1H3. The van der Waals surface area contributed by atoms with Crippen LogP contribution in [0.4, 0.5) is 0 Å². The third-order valence-electron chi connectivity index (χ3n) is 3.56. The normalized spacial score (nSPS) is 21.9. The van der Waals surface area contributed by atoms with Crippen molar-refractivity contribution in [3.63, 3.8) is 0 Å². The summed E-state index contributed by atoms with van der Waals surface area (Å²) in [7, 11) is 1.68. The fourth-order valence-electron chi connectivity index (χ4n) is 2.66. The summed E-state index contributed by atoms with van der Waals surface area (Å²) in [6.07, 6.45) is 3.46. The van der Waals surface area contributed by atoms with Crippen LogP contribution < -0.4 is 19.5 Å². The molecule has 0 aliphatic carbocycles. The summed E-state index contributed by atoms with van der Waals surface area (Å²) < 4.78 is 16.7. The Morgan fingerprint density at radius 3 is 3.00 bits per heavy atom. The van der Waals surface area contributed by atoms with Gasteiger partial charge in [-0.2, -0.15) is 0 Å². The van der Waals surface area contributed by atoms with Gasteiger partial charge >= 0.3 is 0 Å². The number of hydrogen-bond donors (Lipinski definition) is 1. The van der Waals surface area contributed by atoms with E-state index in [9.17, 15) is 0 Å². The van der Waals surface area contributed by atoms with E-state index in [2.05, 4.69) is 11.4 Å². The highest BCUT2D eigenvalue weighted by Crippen LogP contribution is 2.38. The number of fused-ring (bicyclic) bond motifs is 1. The zero-order chi connectivity index (χ0) is 12.4. The van der Waals surface area contributed by atoms with Gasteiger partial charge in [0.1, 0.15) is 19.0 Å². The topological polar surface area (TPSA) is 39.7 Å². The summed E-state index contributed by atoms with van der Waals surface area (Å²) in [4.78, 5) is 0. The monoisotopic (exact) mass is 249 g/mol. The molecule has 18 heavy (non-hydrogen) atoms. The molecule has 4 nitrogen and oxygen atoms in total. The number of benzene rings is 1. The number of hydrogen-bond acceptors (Lipinski definition) is 4. The number of ether oxygens (including phenoxy) is 3. The van der Waals surface area contributed by atoms with E-state index >= 15 is 0 Å². The fraction of sp³-hybridized carbons (Fsp3) is 0.571. The Bertz CT molecular complexity index is 427. The van der Waals surface area contributed by atoms with E-state index in [0.29, 0.717) is 19.3 Å². The van der Waals surface area contributed by atoms with Crippen LogP contribution in [0.3, 0.4) is 0 Å². The molecule has 98 valence electrons. The van der Waals surface area contributed by atoms with Crippen LogP contribution in [0.1, 0.15) is 18.4 Å². The largest absolute Gasteiger partial charge is 0.497 e. The number of rotatable bonds is 3. The average molecular weight is 249 g/mol. The lowest BCUT2D eigenvalue weighted by Gasteiger charge is -2.23. The van der Waals surface area contributed by atoms with Gasteiger partial charge in [0.15, 0.2) is 11.5 Å². The van der Waals surface area contributed by atoms with Crippen LogP contribution in [0, 0.1) is 0 Å². The first-order valence-corrected chi connectivity index (χ1v) is 6.56. The van der Waals surface area contributed by atoms with Crippen LogP contribution in [-0.2, 0) is 6.42 Å². The minimum absolute atomic E-state index is 0.548. The summed E-state index contributed by atoms with van der Waals surface area (Å²) in [6.45, 7) is 2.36. The maximum Gasteiger partial charge on any atom is 0.165 e. The first-order chi connectivity index (χ1) is 8.86. The number of nitrogens with one attached hydrogen (secondary N) is 1. The predicted molar refractivity (Wildman–Crippen MR) is 68.7 cm³/mol. The highest BCUT2D eigenvalue weighted by atomic mass is 16.6. The Morgan fingerprint density at radius 1 is 1.33 bits per heavy atom. The summed E-state index contributed by atoms with van der Waals surface area (Å²) in [5, 5.41) is 3.51. The quantitative estimate of drug-likeness (QED) is 0.886. The average Bonchev–Trinajstić information content (AvgIpc) is 2.91. The van der Waals surface area contributed by atoms with Crippen molar-refractivity contribution in [2.45, 2.75) is 25.3 Å². The third-order valence-corrected chi connectivity index (χ3v) is 3.56. The van der Waals surface area contributed by atoms with Crippen molar-refractivity contribution in [1.29, 1.82) is 0 Å². The molecule has 2 heterocycles. The minimum Gasteiger partial charge on any atom is -0.497 e. The minimum atomic E-state index is 0.548. The zero-order valence-electron chi connectivity index (χ0n) is 10.7. The molecule has 1 aromatic carbocycles. The van der Waals surface area contributed by atoms with Gasteiger partial charge in [-0.3, -0.25) is 0 Å². The maximum atomic E-state index is 5.76. The Labute approximate surface area is 107 Å². The first-order valence-electron chi connectivity index (χ1n) is 6.56. The van der Waals surface area contributed by atoms with Gasteiger partial charge in [0.05, 0.1) is 7.11 Å². The van der Waals surface area contributed by atoms with E-state index in [4.69, 9.17) is 14.2 Å². The summed E-state index contributed by atoms with van der Waals surface area (Å²) >= 11 is 0. The molecule has 3 rings (SSSR count). The highest BCUT2D eigenvalue weighted by Gasteiger charge is 2.22. The van der Waals surface area contributed by atoms with Gasteiger partial charge in [-0.25, -0.2) is 0 Å². The van der Waals surface area contributed by atoms with Crippen LogP contribution in [0.25, 0.3) is 0 Å². The van der Waals surface area contributed by atoms with Gasteiger partial charge < -0.3 is 19.5 Å². The van der Waals surface area contributed by atoms with Crippen LogP contribution in [0.15, 0.2) is 12.1 Å². The Morgan fingerprint density at radius 2 is 2.22 bits per heavy atom. The van der Waals surface area contributed by atoms with E-state index in [-0.39, 0.29) is 0 Å². The van der Waals surface area contributed by atoms with Gasteiger partial charge in [-0.15, -0.1) is 0 Å². The molecule has 1 unspecified atom stereocenters. The van der Waals surface area contributed by atoms with Crippen molar-refractivity contribution in [2.24, 2.45) is 0 Å². The number of methoxy groups -OCH3 is 1. The molecule has 0 saturated carbocycles. The molecule has 1 saturated heterocycles. The van der Waals surface area contributed by atoms with Crippen LogP contribution in [0.2, 0.25) is 0 Å². The molecule has 0 radical (unpaired) electrons. The van der Waals surface area contributed by atoms with Gasteiger partial charge in [-0.1, -0.05) is 0 Å². The Hall–Kier alpha value is -1.42. The molecule has 1 atom stereocenters. The molecule has 2 aliphatic rings. The lowest BCUT2D eigenvalue weighted by Crippen LogP contribution is -2.25. The van der Waals surface area contributed by atoms with E-state index in [1.54, 1.807) is 7.11 Å². The summed E-state index contributed by atoms with van der Waals surface area (Å²) in [5.41, 5.74) is 1.18. The van der Waals surface area contributed by atoms with Gasteiger partial charge in [0.2, 0.25) is 0 Å². The molecule has 0 bridgehead atoms. The van der Waals surface area contributed by atoms with Gasteiger partial charge in [-0.05, 0) is 31.9 Å². The van der Waals surface area contributed by atoms with Crippen molar-refractivity contribution in [3.8, 4) is 17.2 Å². The second-order valence-electron chi connectivity index (χ2n) is 4.81. The summed E-state index contributed by atoms with van der Waals surface area (Å²) in [6, 6.07) is 4.51. The second-order valence-corrected chi connectivity index (χ2v) is 4.81. The highest BCUT2D eigenvalue weighted by molar-refractivity contribution is 5.52. The van der Waals surface area contributed by atoms with E-state index < -0.39 is 0 Å². The van der Waals surface area contributed by atoms with Gasteiger partial charge in [0, 0.05) is 17.7 Å². The summed E-state index contributed by atoms with van der Waals surface area (Å²) in [5.74, 6) is 2.55. The van der Waals surface area contributed by atoms with Crippen LogP contribution in [-0.4, -0.2) is 32.9 Å². The molecule has 1 N–H and O–H groups in total. The smallest absolute Gasteiger partial charge is 0.165 e. The zero-order valence-corrected chi connectivity index (χ0v) is 10.7. The molecular formula is C14H19NO3. The van der Waals surface area contributed by atoms with Crippen molar-refractivity contribution in [1.82, 2.24) is 5.32 Å². The Kier molecular flexibility index (Phi) is 3.28. The molecule has 4 heteroatoms. The predicted octanol–water partition coefficient (Wildman–Crippen LogP) is 1.76. The molecule has 1 aromatic rings. The molecular weight excluding hydrogens is 230 g/mol. The maximum absolute atomic E-state index is 5.76. The molecule has 0 spiro atoms. The molecule has 1 fully saturated rings. The molecule has 0 amide bonds. The van der Waals surface area contributed by atoms with Crippen LogP contribution >= 0.6 is 0 Å². The van der Waals surface area contributed by atoms with Crippen molar-refractivity contribution in [3.05, 3.63) is 17.7 Å². The fourth-order valence-corrected chi connectivity index (χ4v) is 2.66. The van der Waals surface area contributed by atoms with E-state index in [1.807, 2.05) is 6.07 Å². The molecule has 2 aliphatic heterocycles. The Balaban J connectivity index is 1.89. The van der Waals surface area contributed by atoms with E-state index in [1.165, 1.54) is 18.4 Å². The van der Waals surface area contributed by atoms with Gasteiger partial charge in [0.25, 0.3) is 0 Å². The molecule has 0 aromatic heterocycles. The lowest BCUT2D eigenvalue weighted by molar-refractivity contribution is 0.169. The first kappa shape index (κ1) is 11.7. The SMILES string of the molecule is COc1cc(CC2CCCN2)c2c(c1)OCCO2. The lowest BCUT2D eigenvalue weighted by atomic mass is 10.0. The van der Waals surface area contributed by atoms with Crippen LogP contribution in [0.5, 0.6) is 17.2 Å². The second kappa shape index (κ2) is 5.06. The van der Waals surface area contributed by atoms with Crippen molar-refractivity contribution in [2.75, 3.05) is 26.9 Å². The third kappa shape index (κ3) is 2.25. The van der Waals surface area contributed by atoms with E-state index in [0.717, 1.165) is 30.2 Å². The van der Waals surface area contributed by atoms with Crippen molar-refractivity contribution >= 4 is 0 Å². The van der Waals surface area contributed by atoms with Crippen molar-refractivity contribution < 1.29 is 14.2 Å².